The Labute approximate surface area is 94.7 Å². The lowest BCUT2D eigenvalue weighted by atomic mass is 10.0. The van der Waals surface area contributed by atoms with Gasteiger partial charge in [-0.15, -0.1) is 0 Å². The van der Waals surface area contributed by atoms with Crippen molar-refractivity contribution in [2.24, 2.45) is 0 Å². The standard InChI is InChI=1S/C11H18F2NO2/c1-8-5-6-11(12,13)7-14(8)9(15)16-10(2,3)4/h8H,1,5-7H2,2-4H3. The first-order valence-electron chi connectivity index (χ1n) is 5.31. The van der Waals surface area contributed by atoms with Gasteiger partial charge in [0.2, 0.25) is 0 Å². The number of nitrogens with zero attached hydrogens (tertiary/aromatic N) is 1. The summed E-state index contributed by atoms with van der Waals surface area (Å²) in [6, 6.07) is -0.436. The van der Waals surface area contributed by atoms with Crippen LogP contribution >= 0.6 is 0 Å². The Bertz CT molecular complexity index is 274. The van der Waals surface area contributed by atoms with Gasteiger partial charge in [0.25, 0.3) is 5.92 Å². The van der Waals surface area contributed by atoms with E-state index in [0.29, 0.717) is 0 Å². The molecule has 0 aromatic heterocycles. The molecular weight excluding hydrogens is 216 g/mol. The topological polar surface area (TPSA) is 29.5 Å². The molecule has 0 N–H and O–H groups in total. The lowest BCUT2D eigenvalue weighted by Gasteiger charge is -2.38. The fourth-order valence-corrected chi connectivity index (χ4v) is 1.53. The summed E-state index contributed by atoms with van der Waals surface area (Å²) < 4.78 is 31.3. The second kappa shape index (κ2) is 4.18. The average molecular weight is 234 g/mol. The lowest BCUT2D eigenvalue weighted by molar-refractivity contribution is -0.0792. The van der Waals surface area contributed by atoms with Gasteiger partial charge in [0.1, 0.15) is 5.60 Å². The molecule has 0 bridgehead atoms. The van der Waals surface area contributed by atoms with Gasteiger partial charge in [-0.2, -0.15) is 0 Å². The maximum absolute atomic E-state index is 13.1. The number of carbonyl (C=O) groups is 1. The van der Waals surface area contributed by atoms with E-state index in [9.17, 15) is 13.6 Å². The molecule has 1 saturated heterocycles. The van der Waals surface area contributed by atoms with Gasteiger partial charge in [0.05, 0.1) is 6.54 Å². The molecule has 0 aromatic carbocycles. The molecule has 1 rings (SSSR count). The second-order valence-corrected chi connectivity index (χ2v) is 5.16. The van der Waals surface area contributed by atoms with Gasteiger partial charge in [0.15, 0.2) is 0 Å². The van der Waals surface area contributed by atoms with E-state index in [1.165, 1.54) is 0 Å². The highest BCUT2D eigenvalue weighted by Gasteiger charge is 2.41. The van der Waals surface area contributed by atoms with Crippen molar-refractivity contribution >= 4 is 6.09 Å². The molecule has 0 saturated carbocycles. The van der Waals surface area contributed by atoms with Gasteiger partial charge < -0.3 is 4.74 Å². The van der Waals surface area contributed by atoms with Gasteiger partial charge in [-0.05, 0) is 34.1 Å². The summed E-state index contributed by atoms with van der Waals surface area (Å²) >= 11 is 0. The van der Waals surface area contributed by atoms with Crippen molar-refractivity contribution in [1.29, 1.82) is 0 Å². The maximum atomic E-state index is 13.1. The monoisotopic (exact) mass is 234 g/mol. The number of rotatable bonds is 0. The molecule has 0 spiro atoms. The summed E-state index contributed by atoms with van der Waals surface area (Å²) in [5.41, 5.74) is -0.677. The smallest absolute Gasteiger partial charge is 0.410 e. The zero-order chi connectivity index (χ0) is 12.6. The van der Waals surface area contributed by atoms with Crippen LogP contribution in [0.25, 0.3) is 0 Å². The van der Waals surface area contributed by atoms with Crippen LogP contribution in [-0.2, 0) is 4.74 Å². The van der Waals surface area contributed by atoms with E-state index >= 15 is 0 Å². The van der Waals surface area contributed by atoms with Crippen molar-refractivity contribution in [3.63, 3.8) is 0 Å². The third-order valence-electron chi connectivity index (χ3n) is 2.31. The normalized spacial score (nSPS) is 25.4. The van der Waals surface area contributed by atoms with Crippen LogP contribution in [-0.4, -0.2) is 35.1 Å². The van der Waals surface area contributed by atoms with Crippen LogP contribution in [0.3, 0.4) is 0 Å². The van der Waals surface area contributed by atoms with E-state index in [0.717, 1.165) is 4.90 Å². The number of hydrogen-bond acceptors (Lipinski definition) is 2. The van der Waals surface area contributed by atoms with Gasteiger partial charge in [-0.3, -0.25) is 4.90 Å². The van der Waals surface area contributed by atoms with Crippen LogP contribution in [0.1, 0.15) is 33.6 Å². The van der Waals surface area contributed by atoms with E-state index in [1.807, 2.05) is 0 Å². The Kier molecular flexibility index (Phi) is 3.45. The van der Waals surface area contributed by atoms with Crippen LogP contribution in [0.2, 0.25) is 0 Å². The predicted octanol–water partition coefficient (Wildman–Crippen LogP) is 2.86. The van der Waals surface area contributed by atoms with Crippen molar-refractivity contribution in [1.82, 2.24) is 4.90 Å². The van der Waals surface area contributed by atoms with Crippen LogP contribution < -0.4 is 0 Å². The number of carbonyl (C=O) groups excluding carboxylic acids is 1. The third kappa shape index (κ3) is 3.61. The fraction of sp³-hybridized carbons (Fsp3) is 0.818. The van der Waals surface area contributed by atoms with Crippen LogP contribution in [0, 0.1) is 6.92 Å². The maximum Gasteiger partial charge on any atom is 0.410 e. The molecule has 1 aliphatic rings. The molecule has 1 radical (unpaired) electrons. The Hall–Kier alpha value is -0.870. The second-order valence-electron chi connectivity index (χ2n) is 5.16. The third-order valence-corrected chi connectivity index (χ3v) is 2.31. The first-order chi connectivity index (χ1) is 7.11. The van der Waals surface area contributed by atoms with Crippen LogP contribution in [0.15, 0.2) is 0 Å². The molecule has 1 unspecified atom stereocenters. The zero-order valence-corrected chi connectivity index (χ0v) is 9.93. The van der Waals surface area contributed by atoms with Crippen LogP contribution in [0.5, 0.6) is 0 Å². The minimum atomic E-state index is -2.83. The number of hydrogen-bond donors (Lipinski definition) is 0. The quantitative estimate of drug-likeness (QED) is 0.645. The molecule has 93 valence electrons. The largest absolute Gasteiger partial charge is 0.444 e. The van der Waals surface area contributed by atoms with Gasteiger partial charge >= 0.3 is 6.09 Å². The summed E-state index contributed by atoms with van der Waals surface area (Å²) in [4.78, 5) is 12.7. The van der Waals surface area contributed by atoms with Crippen LogP contribution in [0.4, 0.5) is 13.6 Å². The highest BCUT2D eigenvalue weighted by atomic mass is 19.3. The first kappa shape index (κ1) is 13.2. The van der Waals surface area contributed by atoms with Crippen molar-refractivity contribution in [3.05, 3.63) is 6.92 Å². The molecule has 5 heteroatoms. The van der Waals surface area contributed by atoms with E-state index in [2.05, 4.69) is 6.92 Å². The molecular formula is C11H18F2NO2. The fourth-order valence-electron chi connectivity index (χ4n) is 1.53. The van der Waals surface area contributed by atoms with Crippen molar-refractivity contribution < 1.29 is 18.3 Å². The van der Waals surface area contributed by atoms with Gasteiger partial charge in [-0.25, -0.2) is 13.6 Å². The first-order valence-corrected chi connectivity index (χ1v) is 5.31. The molecule has 1 heterocycles. The summed E-state index contributed by atoms with van der Waals surface area (Å²) in [6.45, 7) is 8.18. The van der Waals surface area contributed by atoms with E-state index < -0.39 is 30.2 Å². The highest BCUT2D eigenvalue weighted by Crippen LogP contribution is 2.30. The number of halogens is 2. The lowest BCUT2D eigenvalue weighted by Crippen LogP contribution is -2.51. The number of amides is 1. The molecule has 1 fully saturated rings. The van der Waals surface area contributed by atoms with Gasteiger partial charge in [0, 0.05) is 12.5 Å². The minimum absolute atomic E-state index is 0.201. The summed E-state index contributed by atoms with van der Waals surface area (Å²) in [5.74, 6) is -2.83. The highest BCUT2D eigenvalue weighted by molar-refractivity contribution is 5.69. The summed E-state index contributed by atoms with van der Waals surface area (Å²) in [6.07, 6.45) is -0.737. The molecule has 1 aliphatic heterocycles. The molecule has 16 heavy (non-hydrogen) atoms. The Morgan fingerprint density at radius 1 is 1.50 bits per heavy atom. The van der Waals surface area contributed by atoms with E-state index in [-0.39, 0.29) is 12.8 Å². The summed E-state index contributed by atoms with van der Waals surface area (Å²) in [5, 5.41) is 0. The van der Waals surface area contributed by atoms with Crippen molar-refractivity contribution in [2.75, 3.05) is 6.54 Å². The minimum Gasteiger partial charge on any atom is -0.444 e. The number of likely N-dealkylation sites (tertiary alicyclic amines) is 1. The average Bonchev–Trinajstić information content (AvgIpc) is 2.06. The molecule has 1 atom stereocenters. The number of piperidine rings is 1. The Morgan fingerprint density at radius 3 is 2.56 bits per heavy atom. The Balaban J connectivity index is 2.67. The van der Waals surface area contributed by atoms with Crippen molar-refractivity contribution in [3.8, 4) is 0 Å². The predicted molar refractivity (Wildman–Crippen MR) is 56.3 cm³/mol. The Morgan fingerprint density at radius 2 is 2.06 bits per heavy atom. The van der Waals surface area contributed by atoms with Gasteiger partial charge in [-0.1, -0.05) is 0 Å². The zero-order valence-electron chi connectivity index (χ0n) is 9.93. The molecule has 3 nitrogen and oxygen atoms in total. The number of ether oxygens (including phenoxy) is 1. The molecule has 1 amide bonds. The molecule has 0 aromatic rings. The summed E-state index contributed by atoms with van der Waals surface area (Å²) in [7, 11) is 0. The number of alkyl halides is 2. The van der Waals surface area contributed by atoms with Crippen molar-refractivity contribution in [2.45, 2.75) is 51.2 Å². The SMILES string of the molecule is [CH2]C1CCC(F)(F)CN1C(=O)OC(C)(C)C. The molecule has 0 aliphatic carbocycles. The van der Waals surface area contributed by atoms with E-state index in [4.69, 9.17) is 4.74 Å². The van der Waals surface area contributed by atoms with E-state index in [1.54, 1.807) is 20.8 Å².